The summed E-state index contributed by atoms with van der Waals surface area (Å²) in [5.74, 6) is -0.842. The van der Waals surface area contributed by atoms with Crippen molar-refractivity contribution in [2.24, 2.45) is 11.8 Å². The predicted octanol–water partition coefficient (Wildman–Crippen LogP) is 5.78. The number of esters is 2. The number of ketones is 1. The van der Waals surface area contributed by atoms with Crippen LogP contribution in [0.25, 0.3) is 0 Å². The molecule has 0 unspecified atom stereocenters. The highest BCUT2D eigenvalue weighted by Crippen LogP contribution is 2.27. The van der Waals surface area contributed by atoms with E-state index in [-0.39, 0.29) is 49.2 Å². The van der Waals surface area contributed by atoms with Crippen LogP contribution in [0.3, 0.4) is 0 Å². The average Bonchev–Trinajstić information content (AvgIpc) is 3.26. The van der Waals surface area contributed by atoms with Gasteiger partial charge in [-0.3, -0.25) is 14.4 Å². The van der Waals surface area contributed by atoms with E-state index in [4.69, 9.17) is 9.47 Å². The average molecular weight is 535 g/mol. The minimum atomic E-state index is -0.830. The van der Waals surface area contributed by atoms with Crippen molar-refractivity contribution in [3.8, 4) is 0 Å². The van der Waals surface area contributed by atoms with Crippen LogP contribution in [0.15, 0.2) is 36.5 Å². The molecule has 7 heteroatoms. The van der Waals surface area contributed by atoms with E-state index >= 15 is 0 Å². The van der Waals surface area contributed by atoms with Crippen molar-refractivity contribution in [2.75, 3.05) is 13.2 Å². The van der Waals surface area contributed by atoms with E-state index in [0.717, 1.165) is 64.2 Å². The zero-order chi connectivity index (χ0) is 28.0. The number of carbonyl (C=O) groups excluding carboxylic acids is 3. The Bertz CT molecular complexity index is 755. The molecular weight excluding hydrogens is 484 g/mol. The van der Waals surface area contributed by atoms with Crippen LogP contribution >= 0.6 is 0 Å². The fraction of sp³-hybridized carbons (Fsp3) is 0.710. The number of hydrogen-bond acceptors (Lipinski definition) is 7. The lowest BCUT2D eigenvalue weighted by atomic mass is 9.90. The first-order valence-electron chi connectivity index (χ1n) is 14.6. The molecule has 0 aromatic rings. The third kappa shape index (κ3) is 15.9. The number of carbonyl (C=O) groups is 3. The summed E-state index contributed by atoms with van der Waals surface area (Å²) >= 11 is 0. The van der Waals surface area contributed by atoms with Gasteiger partial charge in [-0.05, 0) is 44.1 Å². The van der Waals surface area contributed by atoms with Gasteiger partial charge in [0.25, 0.3) is 0 Å². The van der Waals surface area contributed by atoms with Crippen molar-refractivity contribution in [1.82, 2.24) is 0 Å². The quantitative estimate of drug-likeness (QED) is 0.103. The second kappa shape index (κ2) is 21.7. The van der Waals surface area contributed by atoms with Gasteiger partial charge in [0.1, 0.15) is 6.61 Å². The first-order valence-corrected chi connectivity index (χ1v) is 14.6. The van der Waals surface area contributed by atoms with Crippen molar-refractivity contribution in [3.63, 3.8) is 0 Å². The molecular formula is C31H50O7. The monoisotopic (exact) mass is 534 g/mol. The fourth-order valence-electron chi connectivity index (χ4n) is 4.31. The van der Waals surface area contributed by atoms with Crippen molar-refractivity contribution >= 4 is 17.7 Å². The number of aliphatic hydroxyl groups is 2. The van der Waals surface area contributed by atoms with E-state index in [9.17, 15) is 24.6 Å². The zero-order valence-corrected chi connectivity index (χ0v) is 23.5. The first-order chi connectivity index (χ1) is 18.4. The summed E-state index contributed by atoms with van der Waals surface area (Å²) in [5.41, 5.74) is 0. The molecule has 1 aliphatic carbocycles. The lowest BCUT2D eigenvalue weighted by Crippen LogP contribution is -2.28. The van der Waals surface area contributed by atoms with Gasteiger partial charge in [-0.15, -0.1) is 0 Å². The van der Waals surface area contributed by atoms with Gasteiger partial charge < -0.3 is 19.7 Å². The molecule has 7 nitrogen and oxygen atoms in total. The van der Waals surface area contributed by atoms with Crippen LogP contribution in [-0.2, 0) is 23.9 Å². The standard InChI is InChI=1S/C31H50O7/c1-3-5-7-8-14-18-31(36)38-27(23-32)24-37-30(35)17-13-10-9-12-15-25-19-22-29(34)28(25)21-20-26(33)16-11-6-4-2/h9,12,19-22,25-28,32-33H,3-8,10-11,13-18,23-24H2,1-2H3/b12-9-,21-20+/t25-,26-,27-,28+/m0/s1. The maximum atomic E-state index is 12.2. The molecule has 0 saturated heterocycles. The van der Waals surface area contributed by atoms with Gasteiger partial charge in [-0.2, -0.15) is 0 Å². The van der Waals surface area contributed by atoms with Gasteiger partial charge in [0.2, 0.25) is 0 Å². The molecule has 0 spiro atoms. The molecule has 0 aromatic carbocycles. The Morgan fingerprint density at radius 1 is 0.974 bits per heavy atom. The maximum absolute atomic E-state index is 12.2. The number of unbranched alkanes of at least 4 members (excludes halogenated alkanes) is 7. The molecule has 38 heavy (non-hydrogen) atoms. The topological polar surface area (TPSA) is 110 Å². The van der Waals surface area contributed by atoms with Crippen molar-refractivity contribution in [1.29, 1.82) is 0 Å². The van der Waals surface area contributed by atoms with Crippen LogP contribution in [0.4, 0.5) is 0 Å². The summed E-state index contributed by atoms with van der Waals surface area (Å²) in [6.07, 6.45) is 21.5. The van der Waals surface area contributed by atoms with Crippen LogP contribution in [0, 0.1) is 11.8 Å². The molecule has 0 bridgehead atoms. The smallest absolute Gasteiger partial charge is 0.306 e. The van der Waals surface area contributed by atoms with Crippen LogP contribution in [0.1, 0.15) is 104 Å². The highest BCUT2D eigenvalue weighted by molar-refractivity contribution is 5.95. The molecule has 0 saturated carbocycles. The molecule has 2 N–H and O–H groups in total. The van der Waals surface area contributed by atoms with Gasteiger partial charge in [-0.25, -0.2) is 0 Å². The second-order valence-electron chi connectivity index (χ2n) is 10.1. The van der Waals surface area contributed by atoms with Crippen molar-refractivity contribution in [3.05, 3.63) is 36.5 Å². The number of ether oxygens (including phenoxy) is 2. The predicted molar refractivity (Wildman–Crippen MR) is 149 cm³/mol. The van der Waals surface area contributed by atoms with E-state index in [1.165, 1.54) is 0 Å². The van der Waals surface area contributed by atoms with E-state index in [1.807, 2.05) is 24.3 Å². The Balaban J connectivity index is 2.23. The lowest BCUT2D eigenvalue weighted by molar-refractivity contribution is -0.161. The minimum absolute atomic E-state index is 0.0713. The van der Waals surface area contributed by atoms with Crippen molar-refractivity contribution < 1.29 is 34.1 Å². The summed E-state index contributed by atoms with van der Waals surface area (Å²) in [6.45, 7) is 3.73. The van der Waals surface area contributed by atoms with Crippen LogP contribution in [0.2, 0.25) is 0 Å². The number of rotatable bonds is 22. The summed E-state index contributed by atoms with van der Waals surface area (Å²) in [4.78, 5) is 36.1. The molecule has 0 fully saturated rings. The highest BCUT2D eigenvalue weighted by Gasteiger charge is 2.26. The third-order valence-electron chi connectivity index (χ3n) is 6.68. The third-order valence-corrected chi connectivity index (χ3v) is 6.68. The molecule has 0 radical (unpaired) electrons. The van der Waals surface area contributed by atoms with Gasteiger partial charge in [-0.1, -0.05) is 89.2 Å². The molecule has 0 heterocycles. The first kappa shape index (κ1) is 33.8. The number of allylic oxidation sites excluding steroid dienone is 5. The highest BCUT2D eigenvalue weighted by atomic mass is 16.6. The lowest BCUT2D eigenvalue weighted by Gasteiger charge is -2.15. The van der Waals surface area contributed by atoms with E-state index in [2.05, 4.69) is 13.8 Å². The molecule has 0 aliphatic heterocycles. The summed E-state index contributed by atoms with van der Waals surface area (Å²) in [7, 11) is 0. The maximum Gasteiger partial charge on any atom is 0.306 e. The number of hydrogen-bond donors (Lipinski definition) is 2. The van der Waals surface area contributed by atoms with Gasteiger partial charge >= 0.3 is 11.9 Å². The molecule has 216 valence electrons. The van der Waals surface area contributed by atoms with Gasteiger partial charge in [0.05, 0.1) is 12.7 Å². The van der Waals surface area contributed by atoms with Gasteiger partial charge in [0.15, 0.2) is 11.9 Å². The Hall–Kier alpha value is -2.25. The summed E-state index contributed by atoms with van der Waals surface area (Å²) < 4.78 is 10.4. The summed E-state index contributed by atoms with van der Waals surface area (Å²) in [6, 6.07) is 0. The van der Waals surface area contributed by atoms with Crippen molar-refractivity contribution in [2.45, 2.75) is 116 Å². The largest absolute Gasteiger partial charge is 0.462 e. The Labute approximate surface area is 229 Å². The Kier molecular flexibility index (Phi) is 19.3. The Morgan fingerprint density at radius 3 is 2.42 bits per heavy atom. The normalized spacial score (nSPS) is 18.9. The number of aliphatic hydroxyl groups excluding tert-OH is 2. The Morgan fingerprint density at radius 2 is 1.68 bits per heavy atom. The fourth-order valence-corrected chi connectivity index (χ4v) is 4.31. The van der Waals surface area contributed by atoms with Crippen LogP contribution < -0.4 is 0 Å². The van der Waals surface area contributed by atoms with E-state index in [0.29, 0.717) is 19.3 Å². The molecule has 0 aromatic heterocycles. The second-order valence-corrected chi connectivity index (χ2v) is 10.1. The molecule has 4 atom stereocenters. The molecule has 1 rings (SSSR count). The van der Waals surface area contributed by atoms with E-state index < -0.39 is 12.2 Å². The molecule has 0 amide bonds. The van der Waals surface area contributed by atoms with Crippen LogP contribution in [0.5, 0.6) is 0 Å². The van der Waals surface area contributed by atoms with Crippen LogP contribution in [-0.4, -0.2) is 53.4 Å². The molecule has 1 aliphatic rings. The van der Waals surface area contributed by atoms with E-state index in [1.54, 1.807) is 12.2 Å². The van der Waals surface area contributed by atoms with Gasteiger partial charge in [0, 0.05) is 18.8 Å². The minimum Gasteiger partial charge on any atom is -0.462 e. The SMILES string of the molecule is CCCCCCCC(=O)O[C@@H](CO)COC(=O)CCC/C=C\C[C@H]1C=CC(=O)[C@@H]1/C=C/[C@@H](O)CCCCC. The zero-order valence-electron chi connectivity index (χ0n) is 23.5. The summed E-state index contributed by atoms with van der Waals surface area (Å²) in [5, 5.41) is 19.5.